The van der Waals surface area contributed by atoms with Gasteiger partial charge in [0.25, 0.3) is 0 Å². The van der Waals surface area contributed by atoms with Crippen LogP contribution < -0.4 is 5.32 Å². The van der Waals surface area contributed by atoms with Crippen molar-refractivity contribution >= 4 is 5.91 Å². The number of carbonyl (C=O) groups excluding carboxylic acids is 1. The van der Waals surface area contributed by atoms with Gasteiger partial charge in [-0.25, -0.2) is 4.39 Å². The van der Waals surface area contributed by atoms with Crippen molar-refractivity contribution in [3.05, 3.63) is 90.0 Å². The third-order valence-electron chi connectivity index (χ3n) is 5.14. The molecule has 1 heterocycles. The first kappa shape index (κ1) is 17.4. The Morgan fingerprint density at radius 2 is 1.93 bits per heavy atom. The van der Waals surface area contributed by atoms with E-state index in [9.17, 15) is 9.18 Å². The fourth-order valence-electron chi connectivity index (χ4n) is 3.52. The molecular weight excluding hydrogens is 339 g/mol. The quantitative estimate of drug-likeness (QED) is 0.705. The number of nitrogens with one attached hydrogen (secondary N) is 1. The van der Waals surface area contributed by atoms with Crippen molar-refractivity contribution in [3.8, 4) is 11.1 Å². The normalized spacial score (nSPS) is 19.3. The van der Waals surface area contributed by atoms with Gasteiger partial charge < -0.3 is 5.32 Å². The van der Waals surface area contributed by atoms with Gasteiger partial charge >= 0.3 is 0 Å². The number of aromatic nitrogens is 1. The second-order valence-electron chi connectivity index (χ2n) is 7.10. The van der Waals surface area contributed by atoms with Crippen LogP contribution in [0.2, 0.25) is 0 Å². The standard InChI is InChI=1S/C23H21FN2O/c1-15(16-5-2-6-17(11-16)19-8-4-10-25-14-19)26-23(27)22-13-21(22)18-7-3-9-20(24)12-18/h2-12,14-15,21-22H,13H2,1H3,(H,26,27)/t15-,21?,22?/m0/s1. The Hall–Kier alpha value is -3.01. The van der Waals surface area contributed by atoms with Gasteiger partial charge in [0, 0.05) is 18.3 Å². The third kappa shape index (κ3) is 3.90. The van der Waals surface area contributed by atoms with E-state index >= 15 is 0 Å². The summed E-state index contributed by atoms with van der Waals surface area (Å²) < 4.78 is 13.4. The van der Waals surface area contributed by atoms with Crippen LogP contribution >= 0.6 is 0 Å². The number of hydrogen-bond donors (Lipinski definition) is 1. The highest BCUT2D eigenvalue weighted by Gasteiger charge is 2.44. The molecule has 0 bridgehead atoms. The molecule has 1 amide bonds. The first-order valence-corrected chi connectivity index (χ1v) is 9.18. The summed E-state index contributed by atoms with van der Waals surface area (Å²) in [4.78, 5) is 16.8. The Balaban J connectivity index is 1.42. The second-order valence-corrected chi connectivity index (χ2v) is 7.10. The lowest BCUT2D eigenvalue weighted by molar-refractivity contribution is -0.123. The summed E-state index contributed by atoms with van der Waals surface area (Å²) in [7, 11) is 0. The molecule has 136 valence electrons. The van der Waals surface area contributed by atoms with Crippen molar-refractivity contribution in [2.24, 2.45) is 5.92 Å². The van der Waals surface area contributed by atoms with Gasteiger partial charge in [0.05, 0.1) is 6.04 Å². The van der Waals surface area contributed by atoms with E-state index in [0.717, 1.165) is 28.7 Å². The molecule has 1 aliphatic carbocycles. The molecule has 4 heteroatoms. The minimum Gasteiger partial charge on any atom is -0.349 e. The topological polar surface area (TPSA) is 42.0 Å². The number of halogens is 1. The van der Waals surface area contributed by atoms with Gasteiger partial charge in [0.1, 0.15) is 5.82 Å². The Morgan fingerprint density at radius 3 is 2.70 bits per heavy atom. The molecule has 2 unspecified atom stereocenters. The highest BCUT2D eigenvalue weighted by Crippen LogP contribution is 2.47. The maximum Gasteiger partial charge on any atom is 0.224 e. The van der Waals surface area contributed by atoms with Gasteiger partial charge in [0.2, 0.25) is 5.91 Å². The largest absolute Gasteiger partial charge is 0.349 e. The van der Waals surface area contributed by atoms with Crippen molar-refractivity contribution in [2.45, 2.75) is 25.3 Å². The van der Waals surface area contributed by atoms with Crippen molar-refractivity contribution in [1.82, 2.24) is 10.3 Å². The summed E-state index contributed by atoms with van der Waals surface area (Å²) in [5.41, 5.74) is 4.08. The average molecular weight is 360 g/mol. The van der Waals surface area contributed by atoms with E-state index in [4.69, 9.17) is 0 Å². The SMILES string of the molecule is C[C@H](NC(=O)C1CC1c1cccc(F)c1)c1cccc(-c2cccnc2)c1. The van der Waals surface area contributed by atoms with Crippen molar-refractivity contribution in [1.29, 1.82) is 0 Å². The Morgan fingerprint density at radius 1 is 1.11 bits per heavy atom. The zero-order valence-corrected chi connectivity index (χ0v) is 15.1. The van der Waals surface area contributed by atoms with Gasteiger partial charge in [-0.2, -0.15) is 0 Å². The Bertz CT molecular complexity index is 957. The number of benzene rings is 2. The number of hydrogen-bond acceptors (Lipinski definition) is 2. The van der Waals surface area contributed by atoms with Crippen LogP contribution in [0.1, 0.15) is 36.4 Å². The van der Waals surface area contributed by atoms with Crippen LogP contribution in [0.4, 0.5) is 4.39 Å². The Kier molecular flexibility index (Phi) is 4.71. The van der Waals surface area contributed by atoms with Crippen LogP contribution in [0.3, 0.4) is 0 Å². The number of rotatable bonds is 5. The number of nitrogens with zero attached hydrogens (tertiary/aromatic N) is 1. The molecule has 0 spiro atoms. The monoisotopic (exact) mass is 360 g/mol. The molecule has 1 aromatic heterocycles. The molecule has 0 saturated heterocycles. The predicted molar refractivity (Wildman–Crippen MR) is 103 cm³/mol. The molecule has 0 aliphatic heterocycles. The van der Waals surface area contributed by atoms with Gasteiger partial charge in [-0.3, -0.25) is 9.78 Å². The van der Waals surface area contributed by atoms with E-state index in [1.807, 2.05) is 49.5 Å². The van der Waals surface area contributed by atoms with E-state index in [-0.39, 0.29) is 29.6 Å². The fraction of sp³-hybridized carbons (Fsp3) is 0.217. The lowest BCUT2D eigenvalue weighted by atomic mass is 10.0. The highest BCUT2D eigenvalue weighted by atomic mass is 19.1. The van der Waals surface area contributed by atoms with Crippen LogP contribution in [0.5, 0.6) is 0 Å². The maximum absolute atomic E-state index is 13.4. The van der Waals surface area contributed by atoms with Crippen molar-refractivity contribution < 1.29 is 9.18 Å². The van der Waals surface area contributed by atoms with Gasteiger partial charge in [-0.05, 0) is 65.8 Å². The molecule has 1 aliphatic rings. The van der Waals surface area contributed by atoms with Crippen LogP contribution in [-0.2, 0) is 4.79 Å². The summed E-state index contributed by atoms with van der Waals surface area (Å²) in [6.07, 6.45) is 4.36. The third-order valence-corrected chi connectivity index (χ3v) is 5.14. The minimum absolute atomic E-state index is 0.0311. The van der Waals surface area contributed by atoms with Crippen LogP contribution in [0.15, 0.2) is 73.1 Å². The number of pyridine rings is 1. The lowest BCUT2D eigenvalue weighted by Crippen LogP contribution is -2.28. The first-order valence-electron chi connectivity index (χ1n) is 9.18. The molecule has 1 saturated carbocycles. The summed E-state index contributed by atoms with van der Waals surface area (Å²) >= 11 is 0. The molecule has 3 aromatic rings. The molecule has 3 atom stereocenters. The minimum atomic E-state index is -0.251. The van der Waals surface area contributed by atoms with Crippen LogP contribution in [0, 0.1) is 11.7 Å². The van der Waals surface area contributed by atoms with Gasteiger partial charge in [-0.15, -0.1) is 0 Å². The van der Waals surface area contributed by atoms with E-state index < -0.39 is 0 Å². The molecule has 27 heavy (non-hydrogen) atoms. The van der Waals surface area contributed by atoms with E-state index in [2.05, 4.69) is 16.4 Å². The Labute approximate surface area is 158 Å². The van der Waals surface area contributed by atoms with E-state index in [1.165, 1.54) is 12.1 Å². The molecular formula is C23H21FN2O. The fourth-order valence-corrected chi connectivity index (χ4v) is 3.52. The molecule has 3 nitrogen and oxygen atoms in total. The zero-order chi connectivity index (χ0) is 18.8. The van der Waals surface area contributed by atoms with Crippen LogP contribution in [0.25, 0.3) is 11.1 Å². The summed E-state index contributed by atoms with van der Waals surface area (Å²) in [5, 5.41) is 3.10. The smallest absolute Gasteiger partial charge is 0.224 e. The second kappa shape index (κ2) is 7.31. The van der Waals surface area contributed by atoms with E-state index in [1.54, 1.807) is 12.3 Å². The molecule has 1 fully saturated rings. The molecule has 4 rings (SSSR count). The van der Waals surface area contributed by atoms with Crippen molar-refractivity contribution in [3.63, 3.8) is 0 Å². The summed E-state index contributed by atoms with van der Waals surface area (Å²) in [5.74, 6) is -0.173. The lowest BCUT2D eigenvalue weighted by Gasteiger charge is -2.15. The summed E-state index contributed by atoms with van der Waals surface area (Å²) in [6.45, 7) is 1.99. The maximum atomic E-state index is 13.4. The molecule has 1 N–H and O–H groups in total. The number of amides is 1. The highest BCUT2D eigenvalue weighted by molar-refractivity contribution is 5.83. The molecule has 0 radical (unpaired) electrons. The van der Waals surface area contributed by atoms with E-state index in [0.29, 0.717) is 0 Å². The zero-order valence-electron chi connectivity index (χ0n) is 15.1. The van der Waals surface area contributed by atoms with Gasteiger partial charge in [0.15, 0.2) is 0 Å². The van der Waals surface area contributed by atoms with Crippen LogP contribution in [-0.4, -0.2) is 10.9 Å². The van der Waals surface area contributed by atoms with Crippen molar-refractivity contribution in [2.75, 3.05) is 0 Å². The van der Waals surface area contributed by atoms with Gasteiger partial charge in [-0.1, -0.05) is 36.4 Å². The molecule has 2 aromatic carbocycles. The number of carbonyl (C=O) groups is 1. The summed E-state index contributed by atoms with van der Waals surface area (Å²) in [6, 6.07) is 18.5. The predicted octanol–water partition coefficient (Wildman–Crippen LogP) is 4.87. The first-order chi connectivity index (χ1) is 13.1. The average Bonchev–Trinajstić information content (AvgIpc) is 3.50.